The largest absolute Gasteiger partial charge is 0.550 e. The molecule has 0 saturated heterocycles. The average molecular weight is 386 g/mol. The van der Waals surface area contributed by atoms with Crippen molar-refractivity contribution >= 4 is 11.9 Å². The van der Waals surface area contributed by atoms with Gasteiger partial charge in [0.25, 0.3) is 0 Å². The summed E-state index contributed by atoms with van der Waals surface area (Å²) in [4.78, 5) is 22.8. The molecule has 0 aliphatic heterocycles. The van der Waals surface area contributed by atoms with E-state index < -0.39 is 12.1 Å². The molecule has 0 aromatic carbocycles. The summed E-state index contributed by atoms with van der Waals surface area (Å²) in [5, 5.41) is 10.8. The first kappa shape index (κ1) is 25.9. The van der Waals surface area contributed by atoms with Gasteiger partial charge in [0.15, 0.2) is 6.10 Å². The first-order valence-electron chi connectivity index (χ1n) is 10.8. The number of ether oxygens (including phenoxy) is 1. The Morgan fingerprint density at radius 2 is 1.33 bits per heavy atom. The van der Waals surface area contributed by atoms with Crippen molar-refractivity contribution in [3.8, 4) is 0 Å². The number of aliphatic carboxylic acids is 1. The van der Waals surface area contributed by atoms with Crippen molar-refractivity contribution in [1.29, 1.82) is 0 Å². The van der Waals surface area contributed by atoms with Crippen molar-refractivity contribution in [1.82, 2.24) is 0 Å². The number of esters is 1. The van der Waals surface area contributed by atoms with Gasteiger partial charge in [-0.2, -0.15) is 0 Å². The van der Waals surface area contributed by atoms with E-state index in [1.807, 2.05) is 21.1 Å². The summed E-state index contributed by atoms with van der Waals surface area (Å²) in [7, 11) is 5.83. The van der Waals surface area contributed by atoms with E-state index in [0.29, 0.717) is 17.4 Å². The van der Waals surface area contributed by atoms with Crippen LogP contribution in [0.15, 0.2) is 0 Å². The Hall–Kier alpha value is -1.10. The van der Waals surface area contributed by atoms with E-state index in [0.717, 1.165) is 25.2 Å². The molecule has 0 N–H and O–H groups in total. The van der Waals surface area contributed by atoms with Crippen LogP contribution in [-0.4, -0.2) is 50.2 Å². The molecule has 0 spiro atoms. The van der Waals surface area contributed by atoms with E-state index in [-0.39, 0.29) is 12.4 Å². The summed E-state index contributed by atoms with van der Waals surface area (Å²) in [6.07, 6.45) is 11.7. The summed E-state index contributed by atoms with van der Waals surface area (Å²) < 4.78 is 5.91. The predicted octanol–water partition coefficient (Wildman–Crippen LogP) is 3.69. The molecule has 0 saturated carbocycles. The van der Waals surface area contributed by atoms with Crippen molar-refractivity contribution in [2.45, 2.75) is 97.0 Å². The maximum atomic E-state index is 12.0. The van der Waals surface area contributed by atoms with Crippen LogP contribution in [0.25, 0.3) is 0 Å². The zero-order valence-electron chi connectivity index (χ0n) is 18.4. The second-order valence-corrected chi connectivity index (χ2v) is 9.28. The highest BCUT2D eigenvalue weighted by atomic mass is 16.5. The first-order chi connectivity index (χ1) is 12.6. The van der Waals surface area contributed by atoms with Crippen molar-refractivity contribution in [2.24, 2.45) is 5.92 Å². The number of unbranched alkanes of at least 4 members (excludes halogenated alkanes) is 8. The Balaban J connectivity index is 3.70. The van der Waals surface area contributed by atoms with Gasteiger partial charge in [-0.15, -0.1) is 0 Å². The zero-order valence-corrected chi connectivity index (χ0v) is 18.4. The zero-order chi connectivity index (χ0) is 20.7. The van der Waals surface area contributed by atoms with Crippen LogP contribution in [0.3, 0.4) is 0 Å². The predicted molar refractivity (Wildman–Crippen MR) is 108 cm³/mol. The van der Waals surface area contributed by atoms with E-state index in [1.54, 1.807) is 0 Å². The van der Waals surface area contributed by atoms with Gasteiger partial charge in [-0.1, -0.05) is 71.6 Å². The Morgan fingerprint density at radius 1 is 0.852 bits per heavy atom. The molecule has 0 aliphatic rings. The second kappa shape index (κ2) is 14.9. The maximum Gasteiger partial charge on any atom is 0.306 e. The van der Waals surface area contributed by atoms with Gasteiger partial charge in [-0.05, 0) is 12.3 Å². The quantitative estimate of drug-likeness (QED) is 0.218. The van der Waals surface area contributed by atoms with E-state index in [4.69, 9.17) is 4.74 Å². The molecule has 0 unspecified atom stereocenters. The third-order valence-corrected chi connectivity index (χ3v) is 4.61. The monoisotopic (exact) mass is 385 g/mol. The molecule has 0 fully saturated rings. The summed E-state index contributed by atoms with van der Waals surface area (Å²) >= 11 is 0. The number of carbonyl (C=O) groups excluding carboxylic acids is 2. The number of carbonyl (C=O) groups is 2. The fourth-order valence-corrected chi connectivity index (χ4v) is 3.24. The average Bonchev–Trinajstić information content (AvgIpc) is 2.49. The smallest absolute Gasteiger partial charge is 0.306 e. The van der Waals surface area contributed by atoms with Crippen molar-refractivity contribution < 1.29 is 23.9 Å². The minimum atomic E-state index is -1.18. The van der Waals surface area contributed by atoms with E-state index in [1.165, 1.54) is 44.9 Å². The molecule has 0 amide bonds. The molecule has 0 heterocycles. The SMILES string of the molecule is CC(C)CCCCCCCCCCCC(=O)O[C@H](CC(=O)[O-])C[N+](C)(C)C. The van der Waals surface area contributed by atoms with Crippen molar-refractivity contribution in [3.63, 3.8) is 0 Å². The van der Waals surface area contributed by atoms with Gasteiger partial charge in [0.2, 0.25) is 0 Å². The van der Waals surface area contributed by atoms with Crippen LogP contribution in [0, 0.1) is 5.92 Å². The lowest BCUT2D eigenvalue weighted by atomic mass is 10.0. The normalized spacial score (nSPS) is 13.0. The third kappa shape index (κ3) is 19.5. The van der Waals surface area contributed by atoms with Crippen LogP contribution in [0.5, 0.6) is 0 Å². The lowest BCUT2D eigenvalue weighted by Crippen LogP contribution is -2.45. The molecule has 160 valence electrons. The van der Waals surface area contributed by atoms with Crippen LogP contribution < -0.4 is 5.11 Å². The van der Waals surface area contributed by atoms with Crippen LogP contribution in [0.2, 0.25) is 0 Å². The van der Waals surface area contributed by atoms with Gasteiger partial charge in [-0.25, -0.2) is 0 Å². The van der Waals surface area contributed by atoms with Crippen LogP contribution >= 0.6 is 0 Å². The van der Waals surface area contributed by atoms with Crippen molar-refractivity contribution in [3.05, 3.63) is 0 Å². The molecule has 0 aromatic rings. The number of nitrogens with zero attached hydrogens (tertiary/aromatic N) is 1. The third-order valence-electron chi connectivity index (χ3n) is 4.61. The Labute approximate surface area is 167 Å². The number of hydrogen-bond donors (Lipinski definition) is 0. The summed E-state index contributed by atoms with van der Waals surface area (Å²) in [5.74, 6) is -0.648. The molecule has 5 heteroatoms. The van der Waals surface area contributed by atoms with Gasteiger partial charge in [-0.3, -0.25) is 4.79 Å². The molecule has 0 bridgehead atoms. The standard InChI is InChI=1S/C22H43NO4/c1-19(2)15-13-11-9-7-6-8-10-12-14-16-22(26)27-20(17-21(24)25)18-23(3,4)5/h19-20H,6-18H2,1-5H3/t20-/m1/s1. The van der Waals surface area contributed by atoms with Gasteiger partial charge in [0.05, 0.1) is 21.1 Å². The highest BCUT2D eigenvalue weighted by molar-refractivity contribution is 5.70. The molecule has 0 aliphatic carbocycles. The van der Waals surface area contributed by atoms with E-state index in [9.17, 15) is 14.7 Å². The number of rotatable bonds is 17. The Morgan fingerprint density at radius 3 is 1.78 bits per heavy atom. The fourth-order valence-electron chi connectivity index (χ4n) is 3.24. The molecule has 5 nitrogen and oxygen atoms in total. The number of hydrogen-bond acceptors (Lipinski definition) is 4. The molecule has 0 radical (unpaired) electrons. The lowest BCUT2D eigenvalue weighted by molar-refractivity contribution is -0.873. The van der Waals surface area contributed by atoms with Crippen molar-refractivity contribution in [2.75, 3.05) is 27.7 Å². The molecular formula is C22H43NO4. The van der Waals surface area contributed by atoms with Gasteiger partial charge >= 0.3 is 5.97 Å². The lowest BCUT2D eigenvalue weighted by Gasteiger charge is -2.29. The van der Waals surface area contributed by atoms with Crippen LogP contribution in [0.4, 0.5) is 0 Å². The number of likely N-dealkylation sites (N-methyl/N-ethyl adjacent to an activating group) is 1. The first-order valence-corrected chi connectivity index (χ1v) is 10.8. The van der Waals surface area contributed by atoms with Gasteiger partial charge in [0, 0.05) is 18.8 Å². The van der Waals surface area contributed by atoms with Gasteiger partial charge in [0.1, 0.15) is 6.54 Å². The highest BCUT2D eigenvalue weighted by Gasteiger charge is 2.22. The minimum Gasteiger partial charge on any atom is -0.550 e. The number of carboxylic acids is 1. The molecule has 0 aromatic heterocycles. The molecular weight excluding hydrogens is 342 g/mol. The highest BCUT2D eigenvalue weighted by Crippen LogP contribution is 2.14. The topological polar surface area (TPSA) is 66.4 Å². The van der Waals surface area contributed by atoms with Gasteiger partial charge < -0.3 is 19.1 Å². The Kier molecular flexibility index (Phi) is 14.3. The summed E-state index contributed by atoms with van der Waals surface area (Å²) in [5.41, 5.74) is 0. The molecule has 0 rings (SSSR count). The van der Waals surface area contributed by atoms with E-state index in [2.05, 4.69) is 13.8 Å². The second-order valence-electron chi connectivity index (χ2n) is 9.28. The number of quaternary nitrogens is 1. The van der Waals surface area contributed by atoms with E-state index >= 15 is 0 Å². The molecule has 1 atom stereocenters. The molecule has 27 heavy (non-hydrogen) atoms. The Bertz CT molecular complexity index is 402. The van der Waals surface area contributed by atoms with Crippen LogP contribution in [-0.2, 0) is 14.3 Å². The summed E-state index contributed by atoms with van der Waals surface area (Å²) in [6, 6.07) is 0. The van der Waals surface area contributed by atoms with Crippen LogP contribution in [0.1, 0.15) is 90.9 Å². The minimum absolute atomic E-state index is 0.238. The fraction of sp³-hybridized carbons (Fsp3) is 0.909. The maximum absolute atomic E-state index is 12.0. The number of carboxylic acid groups (broad SMARTS) is 1. The summed E-state index contributed by atoms with van der Waals surface area (Å²) in [6.45, 7) is 5.03.